The predicted molar refractivity (Wildman–Crippen MR) is 64.0 cm³/mol. The second-order valence-electron chi connectivity index (χ2n) is 5.02. The lowest BCUT2D eigenvalue weighted by Crippen LogP contribution is -2.30. The maximum absolute atomic E-state index is 10.6. The van der Waals surface area contributed by atoms with Crippen molar-refractivity contribution in [2.24, 2.45) is 16.3 Å². The third kappa shape index (κ3) is 2.26. The van der Waals surface area contributed by atoms with E-state index < -0.39 is 6.03 Å². The van der Waals surface area contributed by atoms with E-state index in [1.807, 2.05) is 0 Å². The summed E-state index contributed by atoms with van der Waals surface area (Å²) < 4.78 is 0. The number of nitrogens with one attached hydrogen (secondary N) is 1. The molecule has 1 fully saturated rings. The largest absolute Gasteiger partial charge is 0.350 e. The van der Waals surface area contributed by atoms with Gasteiger partial charge in [-0.1, -0.05) is 18.9 Å². The van der Waals surface area contributed by atoms with E-state index in [9.17, 15) is 4.79 Å². The fraction of sp³-hybridized carbons (Fsp3) is 0.667. The minimum atomic E-state index is -0.595. The van der Waals surface area contributed by atoms with Crippen LogP contribution in [0.4, 0.5) is 4.79 Å². The zero-order valence-corrected chi connectivity index (χ0v) is 9.75. The van der Waals surface area contributed by atoms with Crippen LogP contribution in [0.3, 0.4) is 0 Å². The standard InChI is InChI=1S/C12H19N3O/c1-12-6-3-2-4-9(12)8-10(5-7-12)14-15-11(13)16/h8H,2-7H2,1H3,(H3,13,15,16)/b14-10+. The first-order chi connectivity index (χ1) is 7.60. The van der Waals surface area contributed by atoms with Gasteiger partial charge in [0.05, 0.1) is 5.71 Å². The van der Waals surface area contributed by atoms with Crippen LogP contribution in [-0.2, 0) is 0 Å². The molecule has 2 rings (SSSR count). The average Bonchev–Trinajstić information content (AvgIpc) is 2.26. The molecule has 2 amide bonds. The molecule has 0 aromatic carbocycles. The van der Waals surface area contributed by atoms with Crippen molar-refractivity contribution in [3.05, 3.63) is 11.6 Å². The van der Waals surface area contributed by atoms with Gasteiger partial charge in [-0.25, -0.2) is 10.2 Å². The number of rotatable bonds is 1. The zero-order chi connectivity index (χ0) is 11.6. The van der Waals surface area contributed by atoms with E-state index in [1.54, 1.807) is 0 Å². The highest BCUT2D eigenvalue weighted by Gasteiger charge is 2.34. The maximum Gasteiger partial charge on any atom is 0.332 e. The van der Waals surface area contributed by atoms with Crippen LogP contribution in [0.5, 0.6) is 0 Å². The molecule has 0 aromatic heterocycles. The van der Waals surface area contributed by atoms with Crippen LogP contribution in [0.2, 0.25) is 0 Å². The van der Waals surface area contributed by atoms with Gasteiger partial charge >= 0.3 is 6.03 Å². The molecule has 2 aliphatic carbocycles. The third-order valence-electron chi connectivity index (χ3n) is 3.78. The molecule has 2 aliphatic rings. The molecular weight excluding hydrogens is 202 g/mol. The summed E-state index contributed by atoms with van der Waals surface area (Å²) in [4.78, 5) is 10.6. The van der Waals surface area contributed by atoms with Crippen LogP contribution in [0.15, 0.2) is 16.8 Å². The quantitative estimate of drug-likeness (QED) is 0.655. The lowest BCUT2D eigenvalue weighted by molar-refractivity contribution is 0.249. The lowest BCUT2D eigenvalue weighted by atomic mass is 9.66. The minimum absolute atomic E-state index is 0.379. The molecule has 0 saturated heterocycles. The Morgan fingerprint density at radius 1 is 1.44 bits per heavy atom. The van der Waals surface area contributed by atoms with Crippen LogP contribution in [-0.4, -0.2) is 11.7 Å². The van der Waals surface area contributed by atoms with Crippen molar-refractivity contribution in [1.82, 2.24) is 5.43 Å². The number of hydrazone groups is 1. The SMILES string of the molecule is CC12CCCCC1=C/C(=N/NC(N)=O)CC2. The van der Waals surface area contributed by atoms with Crippen LogP contribution in [0.1, 0.15) is 45.4 Å². The third-order valence-corrected chi connectivity index (χ3v) is 3.78. The molecule has 0 bridgehead atoms. The van der Waals surface area contributed by atoms with Crippen molar-refractivity contribution in [2.45, 2.75) is 45.4 Å². The Hall–Kier alpha value is -1.32. The Bertz CT molecular complexity index is 359. The Balaban J connectivity index is 2.14. The van der Waals surface area contributed by atoms with Crippen LogP contribution in [0.25, 0.3) is 0 Å². The highest BCUT2D eigenvalue weighted by Crippen LogP contribution is 2.46. The molecule has 4 nitrogen and oxygen atoms in total. The summed E-state index contributed by atoms with van der Waals surface area (Å²) in [5.41, 5.74) is 10.1. The van der Waals surface area contributed by atoms with Crippen molar-refractivity contribution in [3.63, 3.8) is 0 Å². The Morgan fingerprint density at radius 2 is 2.25 bits per heavy atom. The van der Waals surface area contributed by atoms with Gasteiger partial charge < -0.3 is 5.73 Å². The number of allylic oxidation sites excluding steroid dienone is 2. The number of urea groups is 1. The van der Waals surface area contributed by atoms with Gasteiger partial charge in [0.15, 0.2) is 0 Å². The molecule has 4 heteroatoms. The normalized spacial score (nSPS) is 31.8. The monoisotopic (exact) mass is 221 g/mol. The smallest absolute Gasteiger partial charge is 0.332 e. The first kappa shape index (κ1) is 11.2. The first-order valence-corrected chi connectivity index (χ1v) is 5.93. The number of fused-ring (bicyclic) bond motifs is 1. The van der Waals surface area contributed by atoms with Crippen molar-refractivity contribution in [2.75, 3.05) is 0 Å². The summed E-state index contributed by atoms with van der Waals surface area (Å²) in [6.07, 6.45) is 9.29. The molecule has 3 N–H and O–H groups in total. The van der Waals surface area contributed by atoms with Gasteiger partial charge in [0.1, 0.15) is 0 Å². The summed E-state index contributed by atoms with van der Waals surface area (Å²) in [6.45, 7) is 2.34. The van der Waals surface area contributed by atoms with E-state index in [2.05, 4.69) is 23.5 Å². The molecular formula is C12H19N3O. The predicted octanol–water partition coefficient (Wildman–Crippen LogP) is 2.31. The van der Waals surface area contributed by atoms with Crippen molar-refractivity contribution < 1.29 is 4.79 Å². The fourth-order valence-corrected chi connectivity index (χ4v) is 2.72. The summed E-state index contributed by atoms with van der Waals surface area (Å²) in [5.74, 6) is 0. The van der Waals surface area contributed by atoms with E-state index in [1.165, 1.54) is 31.3 Å². The molecule has 1 atom stereocenters. The average molecular weight is 221 g/mol. The van der Waals surface area contributed by atoms with Crippen LogP contribution >= 0.6 is 0 Å². The van der Waals surface area contributed by atoms with Crippen molar-refractivity contribution >= 4 is 11.7 Å². The molecule has 1 unspecified atom stereocenters. The van der Waals surface area contributed by atoms with Gasteiger partial charge in [-0.15, -0.1) is 0 Å². The highest BCUT2D eigenvalue weighted by atomic mass is 16.2. The van der Waals surface area contributed by atoms with Gasteiger partial charge in [-0.3, -0.25) is 0 Å². The van der Waals surface area contributed by atoms with Gasteiger partial charge in [0.25, 0.3) is 0 Å². The summed E-state index contributed by atoms with van der Waals surface area (Å²) in [7, 11) is 0. The molecule has 0 aliphatic heterocycles. The van der Waals surface area contributed by atoms with Gasteiger partial charge in [-0.2, -0.15) is 5.10 Å². The highest BCUT2D eigenvalue weighted by molar-refractivity contribution is 5.97. The number of hydrogen-bond acceptors (Lipinski definition) is 2. The molecule has 0 aromatic rings. The Kier molecular flexibility index (Phi) is 2.99. The number of nitrogens with zero attached hydrogens (tertiary/aromatic N) is 1. The number of amides is 2. The fourth-order valence-electron chi connectivity index (χ4n) is 2.72. The summed E-state index contributed by atoms with van der Waals surface area (Å²) >= 11 is 0. The number of carbonyl (C=O) groups excluding carboxylic acids is 1. The van der Waals surface area contributed by atoms with E-state index in [4.69, 9.17) is 5.73 Å². The summed E-state index contributed by atoms with van der Waals surface area (Å²) in [6, 6.07) is -0.595. The molecule has 0 spiro atoms. The number of nitrogens with two attached hydrogens (primary N) is 1. The number of carbonyl (C=O) groups is 1. The Labute approximate surface area is 96.0 Å². The van der Waals surface area contributed by atoms with E-state index in [0.29, 0.717) is 5.41 Å². The van der Waals surface area contributed by atoms with E-state index >= 15 is 0 Å². The van der Waals surface area contributed by atoms with Crippen LogP contribution in [0, 0.1) is 5.41 Å². The van der Waals surface area contributed by atoms with E-state index in [-0.39, 0.29) is 0 Å². The molecule has 0 heterocycles. The van der Waals surface area contributed by atoms with Crippen molar-refractivity contribution in [1.29, 1.82) is 0 Å². The Morgan fingerprint density at radius 3 is 3.00 bits per heavy atom. The minimum Gasteiger partial charge on any atom is -0.350 e. The number of hydrogen-bond donors (Lipinski definition) is 2. The molecule has 1 saturated carbocycles. The molecule has 0 radical (unpaired) electrons. The topological polar surface area (TPSA) is 67.5 Å². The summed E-state index contributed by atoms with van der Waals surface area (Å²) in [5, 5.41) is 4.02. The van der Waals surface area contributed by atoms with Gasteiger partial charge in [0, 0.05) is 0 Å². The van der Waals surface area contributed by atoms with Gasteiger partial charge in [-0.05, 0) is 43.6 Å². The van der Waals surface area contributed by atoms with Crippen molar-refractivity contribution in [3.8, 4) is 0 Å². The number of primary amides is 1. The lowest BCUT2D eigenvalue weighted by Gasteiger charge is -2.39. The second-order valence-corrected chi connectivity index (χ2v) is 5.02. The van der Waals surface area contributed by atoms with Crippen LogP contribution < -0.4 is 11.2 Å². The van der Waals surface area contributed by atoms with E-state index in [0.717, 1.165) is 18.6 Å². The molecule has 88 valence electrons. The maximum atomic E-state index is 10.6. The first-order valence-electron chi connectivity index (χ1n) is 5.93. The molecule has 16 heavy (non-hydrogen) atoms. The second kappa shape index (κ2) is 4.28. The van der Waals surface area contributed by atoms with Gasteiger partial charge in [0.2, 0.25) is 0 Å². The zero-order valence-electron chi connectivity index (χ0n) is 9.75.